The maximum absolute atomic E-state index is 12.5. The average molecular weight is 328 g/mol. The predicted octanol–water partition coefficient (Wildman–Crippen LogP) is 0.746. The fraction of sp³-hybridized carbons (Fsp3) is 0.714. The Morgan fingerprint density at radius 2 is 1.82 bits per heavy atom. The van der Waals surface area contributed by atoms with Gasteiger partial charge in [0.25, 0.3) is 5.91 Å². The molecular formula is C14H24N4O3S. The number of rotatable bonds is 3. The quantitative estimate of drug-likeness (QED) is 0.820. The number of piperazine rings is 1. The topological polar surface area (TPSA) is 75.5 Å². The lowest BCUT2D eigenvalue weighted by molar-refractivity contribution is 0.0698. The molecule has 2 heterocycles. The second-order valence-electron chi connectivity index (χ2n) is 6.44. The molecule has 0 unspecified atom stereocenters. The van der Waals surface area contributed by atoms with E-state index in [0.29, 0.717) is 31.7 Å². The van der Waals surface area contributed by atoms with Crippen LogP contribution in [0.3, 0.4) is 0 Å². The van der Waals surface area contributed by atoms with Crippen molar-refractivity contribution in [2.75, 3.05) is 31.9 Å². The predicted molar refractivity (Wildman–Crippen MR) is 84.2 cm³/mol. The van der Waals surface area contributed by atoms with E-state index in [2.05, 4.69) is 5.10 Å². The molecule has 124 valence electrons. The van der Waals surface area contributed by atoms with E-state index in [1.165, 1.54) is 4.31 Å². The second kappa shape index (κ2) is 6.00. The molecule has 1 aliphatic rings. The summed E-state index contributed by atoms with van der Waals surface area (Å²) in [6.07, 6.45) is 3.32. The Morgan fingerprint density at radius 3 is 2.27 bits per heavy atom. The molecule has 1 aliphatic heterocycles. The molecule has 8 heteroatoms. The minimum atomic E-state index is -3.17. The van der Waals surface area contributed by atoms with Crippen LogP contribution < -0.4 is 0 Å². The van der Waals surface area contributed by atoms with Gasteiger partial charge in [0.05, 0.1) is 23.1 Å². The van der Waals surface area contributed by atoms with Gasteiger partial charge in [-0.3, -0.25) is 9.48 Å². The molecule has 1 fully saturated rings. The van der Waals surface area contributed by atoms with Gasteiger partial charge in [-0.2, -0.15) is 9.40 Å². The van der Waals surface area contributed by atoms with Crippen LogP contribution in [0.5, 0.6) is 0 Å². The van der Waals surface area contributed by atoms with Crippen molar-refractivity contribution >= 4 is 15.9 Å². The molecule has 0 aromatic carbocycles. The van der Waals surface area contributed by atoms with E-state index in [1.807, 2.05) is 20.8 Å². The van der Waals surface area contributed by atoms with Gasteiger partial charge in [0.15, 0.2) is 0 Å². The molecule has 0 aliphatic carbocycles. The number of nitrogens with zero attached hydrogens (tertiary/aromatic N) is 4. The van der Waals surface area contributed by atoms with Gasteiger partial charge in [0.1, 0.15) is 0 Å². The normalized spacial score (nSPS) is 17.7. The monoisotopic (exact) mass is 328 g/mol. The van der Waals surface area contributed by atoms with Crippen molar-refractivity contribution in [2.45, 2.75) is 33.2 Å². The fourth-order valence-corrected chi connectivity index (χ4v) is 3.42. The smallest absolute Gasteiger partial charge is 0.257 e. The molecule has 2 rings (SSSR count). The summed E-state index contributed by atoms with van der Waals surface area (Å²) in [7, 11) is -3.17. The molecule has 0 bridgehead atoms. The van der Waals surface area contributed by atoms with Crippen LogP contribution in [0.4, 0.5) is 0 Å². The molecule has 1 amide bonds. The maximum Gasteiger partial charge on any atom is 0.257 e. The third-order valence-electron chi connectivity index (χ3n) is 3.80. The molecule has 0 radical (unpaired) electrons. The lowest BCUT2D eigenvalue weighted by Gasteiger charge is -2.33. The Bertz CT molecular complexity index is 637. The molecule has 0 saturated carbocycles. The number of hydrogen-bond donors (Lipinski definition) is 0. The molecule has 7 nitrogen and oxygen atoms in total. The number of sulfonamides is 1. The largest absolute Gasteiger partial charge is 0.336 e. The SMILES string of the molecule is CCS(=O)(=O)N1CCN(C(=O)c2cnn(C(C)(C)C)c2)CC1. The van der Waals surface area contributed by atoms with Gasteiger partial charge in [0.2, 0.25) is 10.0 Å². The molecule has 0 atom stereocenters. The Balaban J connectivity index is 2.03. The van der Waals surface area contributed by atoms with Crippen molar-refractivity contribution in [1.29, 1.82) is 0 Å². The second-order valence-corrected chi connectivity index (χ2v) is 8.69. The van der Waals surface area contributed by atoms with Crippen LogP contribution in [0.2, 0.25) is 0 Å². The first-order valence-corrected chi connectivity index (χ1v) is 9.08. The highest BCUT2D eigenvalue weighted by Gasteiger charge is 2.29. The van der Waals surface area contributed by atoms with Crippen LogP contribution >= 0.6 is 0 Å². The molecule has 22 heavy (non-hydrogen) atoms. The standard InChI is InChI=1S/C14H24N4O3S/c1-5-22(20,21)17-8-6-16(7-9-17)13(19)12-10-15-18(11-12)14(2,3)4/h10-11H,5-9H2,1-4H3. The zero-order chi connectivity index (χ0) is 16.5. The van der Waals surface area contributed by atoms with E-state index in [0.717, 1.165) is 0 Å². The van der Waals surface area contributed by atoms with Gasteiger partial charge >= 0.3 is 0 Å². The third-order valence-corrected chi connectivity index (χ3v) is 5.68. The van der Waals surface area contributed by atoms with E-state index < -0.39 is 10.0 Å². The van der Waals surface area contributed by atoms with Gasteiger partial charge < -0.3 is 4.90 Å². The minimum Gasteiger partial charge on any atom is -0.336 e. The highest BCUT2D eigenvalue weighted by molar-refractivity contribution is 7.89. The lowest BCUT2D eigenvalue weighted by Crippen LogP contribution is -2.50. The summed E-state index contributed by atoms with van der Waals surface area (Å²) < 4.78 is 26.9. The van der Waals surface area contributed by atoms with Crippen molar-refractivity contribution in [1.82, 2.24) is 19.0 Å². The van der Waals surface area contributed by atoms with Crippen LogP contribution in [0.25, 0.3) is 0 Å². The van der Waals surface area contributed by atoms with Crippen LogP contribution in [0, 0.1) is 0 Å². The van der Waals surface area contributed by atoms with Gasteiger partial charge in [-0.1, -0.05) is 0 Å². The van der Waals surface area contributed by atoms with Crippen LogP contribution in [0.15, 0.2) is 12.4 Å². The average Bonchev–Trinajstić information content (AvgIpc) is 2.96. The van der Waals surface area contributed by atoms with Gasteiger partial charge in [-0.25, -0.2) is 8.42 Å². The molecule has 0 spiro atoms. The number of aromatic nitrogens is 2. The highest BCUT2D eigenvalue weighted by atomic mass is 32.2. The fourth-order valence-electron chi connectivity index (χ4n) is 2.33. The van der Waals surface area contributed by atoms with Gasteiger partial charge in [-0.15, -0.1) is 0 Å². The molecule has 1 aromatic rings. The van der Waals surface area contributed by atoms with Crippen LogP contribution in [-0.2, 0) is 15.6 Å². The van der Waals surface area contributed by atoms with Crippen molar-refractivity contribution in [3.05, 3.63) is 18.0 Å². The number of carbonyl (C=O) groups excluding carboxylic acids is 1. The van der Waals surface area contributed by atoms with E-state index in [1.54, 1.807) is 28.9 Å². The first kappa shape index (κ1) is 17.0. The van der Waals surface area contributed by atoms with Crippen molar-refractivity contribution in [2.24, 2.45) is 0 Å². The van der Waals surface area contributed by atoms with E-state index in [9.17, 15) is 13.2 Å². The van der Waals surface area contributed by atoms with Gasteiger partial charge in [0, 0.05) is 32.4 Å². The summed E-state index contributed by atoms with van der Waals surface area (Å²) in [4.78, 5) is 14.2. The summed E-state index contributed by atoms with van der Waals surface area (Å²) in [6, 6.07) is 0. The third kappa shape index (κ3) is 3.49. The molecule has 1 aromatic heterocycles. The Hall–Kier alpha value is -1.41. The zero-order valence-electron chi connectivity index (χ0n) is 13.6. The lowest BCUT2D eigenvalue weighted by atomic mass is 10.1. The number of hydrogen-bond acceptors (Lipinski definition) is 4. The van der Waals surface area contributed by atoms with Crippen molar-refractivity contribution in [3.8, 4) is 0 Å². The highest BCUT2D eigenvalue weighted by Crippen LogP contribution is 2.16. The van der Waals surface area contributed by atoms with Crippen molar-refractivity contribution < 1.29 is 13.2 Å². The summed E-state index contributed by atoms with van der Waals surface area (Å²) in [5.41, 5.74) is 0.369. The first-order chi connectivity index (χ1) is 10.1. The summed E-state index contributed by atoms with van der Waals surface area (Å²) in [5.74, 6) is 0.00305. The number of carbonyl (C=O) groups is 1. The van der Waals surface area contributed by atoms with Crippen molar-refractivity contribution in [3.63, 3.8) is 0 Å². The van der Waals surface area contributed by atoms with Gasteiger partial charge in [-0.05, 0) is 27.7 Å². The van der Waals surface area contributed by atoms with E-state index in [-0.39, 0.29) is 17.2 Å². The summed E-state index contributed by atoms with van der Waals surface area (Å²) >= 11 is 0. The Morgan fingerprint density at radius 1 is 1.23 bits per heavy atom. The van der Waals surface area contributed by atoms with E-state index in [4.69, 9.17) is 0 Å². The number of amides is 1. The summed E-state index contributed by atoms with van der Waals surface area (Å²) in [5, 5.41) is 4.23. The molecular weight excluding hydrogens is 304 g/mol. The zero-order valence-corrected chi connectivity index (χ0v) is 14.4. The molecule has 1 saturated heterocycles. The first-order valence-electron chi connectivity index (χ1n) is 7.47. The summed E-state index contributed by atoms with van der Waals surface area (Å²) in [6.45, 7) is 9.23. The maximum atomic E-state index is 12.5. The van der Waals surface area contributed by atoms with Crippen LogP contribution in [-0.4, -0.2) is 65.2 Å². The van der Waals surface area contributed by atoms with Crippen LogP contribution in [0.1, 0.15) is 38.1 Å². The molecule has 0 N–H and O–H groups in total. The Labute approximate surface area is 131 Å². The minimum absolute atomic E-state index is 0.0935. The Kier molecular flexibility index (Phi) is 4.62. The van der Waals surface area contributed by atoms with E-state index >= 15 is 0 Å².